The molecule has 1 saturated carbocycles. The van der Waals surface area contributed by atoms with Crippen molar-refractivity contribution in [3.8, 4) is 5.75 Å². The number of nitrogens with two attached hydrogens (primary N) is 1. The van der Waals surface area contributed by atoms with Crippen molar-refractivity contribution in [2.45, 2.75) is 43.9 Å². The third-order valence-corrected chi connectivity index (χ3v) is 5.85. The zero-order chi connectivity index (χ0) is 18.6. The Hall–Kier alpha value is -2.24. The minimum Gasteiger partial charge on any atom is -0.497 e. The monoisotopic (exact) mass is 359 g/mol. The van der Waals surface area contributed by atoms with Crippen molar-refractivity contribution in [1.82, 2.24) is 9.80 Å². The van der Waals surface area contributed by atoms with Crippen LogP contribution in [0.5, 0.6) is 5.75 Å². The molecule has 26 heavy (non-hydrogen) atoms. The molecule has 0 bridgehead atoms. The lowest BCUT2D eigenvalue weighted by molar-refractivity contribution is -0.138. The lowest BCUT2D eigenvalue weighted by Gasteiger charge is -2.40. The van der Waals surface area contributed by atoms with Gasteiger partial charge in [-0.1, -0.05) is 31.4 Å². The fourth-order valence-corrected chi connectivity index (χ4v) is 4.34. The highest BCUT2D eigenvalue weighted by molar-refractivity contribution is 5.88. The number of benzene rings is 1. The molecule has 142 valence electrons. The Morgan fingerprint density at radius 3 is 2.15 bits per heavy atom. The van der Waals surface area contributed by atoms with Crippen LogP contribution in [0.2, 0.25) is 0 Å². The average molecular weight is 359 g/mol. The summed E-state index contributed by atoms with van der Waals surface area (Å²) in [6.07, 6.45) is 5.86. The second-order valence-electron chi connectivity index (χ2n) is 7.34. The molecule has 6 nitrogen and oxygen atoms in total. The van der Waals surface area contributed by atoms with E-state index in [1.54, 1.807) is 12.0 Å². The van der Waals surface area contributed by atoms with Gasteiger partial charge >= 0.3 is 6.03 Å². The first-order chi connectivity index (χ1) is 12.6. The molecular weight excluding hydrogens is 330 g/mol. The van der Waals surface area contributed by atoms with E-state index >= 15 is 0 Å². The SMILES string of the molecule is COc1ccc(C2(C(=O)N3CCCN(C(N)=O)CC3)CCCCC2)cc1. The molecule has 1 heterocycles. The van der Waals surface area contributed by atoms with E-state index in [4.69, 9.17) is 10.5 Å². The Kier molecular flexibility index (Phi) is 5.69. The van der Waals surface area contributed by atoms with E-state index in [1.807, 2.05) is 29.2 Å². The van der Waals surface area contributed by atoms with Crippen molar-refractivity contribution in [1.29, 1.82) is 0 Å². The lowest BCUT2D eigenvalue weighted by atomic mass is 9.68. The normalized spacial score (nSPS) is 20.3. The summed E-state index contributed by atoms with van der Waals surface area (Å²) in [5.41, 5.74) is 6.05. The molecule has 2 fully saturated rings. The van der Waals surface area contributed by atoms with Gasteiger partial charge in [-0.05, 0) is 37.0 Å². The van der Waals surface area contributed by atoms with Crippen LogP contribution in [0.1, 0.15) is 44.1 Å². The van der Waals surface area contributed by atoms with Crippen LogP contribution in [-0.4, -0.2) is 55.0 Å². The first-order valence-electron chi connectivity index (χ1n) is 9.55. The Labute approximate surface area is 155 Å². The summed E-state index contributed by atoms with van der Waals surface area (Å²) in [4.78, 5) is 28.7. The molecule has 0 aromatic heterocycles. The van der Waals surface area contributed by atoms with Gasteiger partial charge in [0.05, 0.1) is 12.5 Å². The molecule has 1 aliphatic carbocycles. The van der Waals surface area contributed by atoms with Crippen molar-refractivity contribution in [3.05, 3.63) is 29.8 Å². The molecule has 2 N–H and O–H groups in total. The molecule has 3 amide bonds. The van der Waals surface area contributed by atoms with Crippen LogP contribution in [0.4, 0.5) is 4.79 Å². The molecule has 0 atom stereocenters. The minimum atomic E-state index is -0.452. The van der Waals surface area contributed by atoms with Crippen molar-refractivity contribution in [3.63, 3.8) is 0 Å². The summed E-state index contributed by atoms with van der Waals surface area (Å²) in [6.45, 7) is 2.37. The first-order valence-corrected chi connectivity index (χ1v) is 9.55. The zero-order valence-corrected chi connectivity index (χ0v) is 15.6. The highest BCUT2D eigenvalue weighted by Crippen LogP contribution is 2.41. The summed E-state index contributed by atoms with van der Waals surface area (Å²) >= 11 is 0. The van der Waals surface area contributed by atoms with Gasteiger partial charge in [0.1, 0.15) is 5.75 Å². The summed E-state index contributed by atoms with van der Waals surface area (Å²) < 4.78 is 5.27. The predicted molar refractivity (Wildman–Crippen MR) is 100 cm³/mol. The van der Waals surface area contributed by atoms with E-state index < -0.39 is 11.4 Å². The average Bonchev–Trinajstić information content (AvgIpc) is 2.94. The maximum Gasteiger partial charge on any atom is 0.314 e. The fourth-order valence-electron chi connectivity index (χ4n) is 4.34. The largest absolute Gasteiger partial charge is 0.497 e. The van der Waals surface area contributed by atoms with E-state index in [9.17, 15) is 9.59 Å². The predicted octanol–water partition coefficient (Wildman–Crippen LogP) is 2.51. The Morgan fingerprint density at radius 1 is 0.923 bits per heavy atom. The lowest BCUT2D eigenvalue weighted by Crippen LogP contribution is -2.49. The molecule has 1 aliphatic heterocycles. The van der Waals surface area contributed by atoms with Crippen LogP contribution in [0.15, 0.2) is 24.3 Å². The topological polar surface area (TPSA) is 75.9 Å². The van der Waals surface area contributed by atoms with Crippen LogP contribution < -0.4 is 10.5 Å². The zero-order valence-electron chi connectivity index (χ0n) is 15.6. The van der Waals surface area contributed by atoms with Crippen molar-refractivity contribution < 1.29 is 14.3 Å². The summed E-state index contributed by atoms with van der Waals surface area (Å²) in [5.74, 6) is 1.01. The van der Waals surface area contributed by atoms with Gasteiger partial charge in [-0.3, -0.25) is 4.79 Å². The smallest absolute Gasteiger partial charge is 0.314 e. The van der Waals surface area contributed by atoms with Gasteiger partial charge in [0, 0.05) is 26.2 Å². The quantitative estimate of drug-likeness (QED) is 0.901. The van der Waals surface area contributed by atoms with E-state index in [0.717, 1.165) is 43.4 Å². The van der Waals surface area contributed by atoms with Gasteiger partial charge < -0.3 is 20.3 Å². The number of rotatable bonds is 3. The van der Waals surface area contributed by atoms with Gasteiger partial charge in [-0.15, -0.1) is 0 Å². The van der Waals surface area contributed by atoms with Crippen LogP contribution >= 0.6 is 0 Å². The van der Waals surface area contributed by atoms with E-state index in [0.29, 0.717) is 26.2 Å². The Bertz CT molecular complexity index is 638. The number of primary amides is 1. The summed E-state index contributed by atoms with van der Waals surface area (Å²) in [6, 6.07) is 7.55. The molecule has 0 spiro atoms. The number of carbonyl (C=O) groups excluding carboxylic acids is 2. The molecule has 0 radical (unpaired) electrons. The number of ether oxygens (including phenoxy) is 1. The highest BCUT2D eigenvalue weighted by Gasteiger charge is 2.43. The number of urea groups is 1. The van der Waals surface area contributed by atoms with Gasteiger partial charge in [0.25, 0.3) is 0 Å². The van der Waals surface area contributed by atoms with Crippen LogP contribution in [-0.2, 0) is 10.2 Å². The third-order valence-electron chi connectivity index (χ3n) is 5.85. The summed E-state index contributed by atoms with van der Waals surface area (Å²) in [5, 5.41) is 0. The molecule has 1 aromatic rings. The fraction of sp³-hybridized carbons (Fsp3) is 0.600. The summed E-state index contributed by atoms with van der Waals surface area (Å²) in [7, 11) is 1.65. The van der Waals surface area contributed by atoms with Gasteiger partial charge in [0.2, 0.25) is 5.91 Å². The maximum absolute atomic E-state index is 13.6. The maximum atomic E-state index is 13.6. The van der Waals surface area contributed by atoms with Gasteiger partial charge in [0.15, 0.2) is 0 Å². The van der Waals surface area contributed by atoms with Gasteiger partial charge in [-0.25, -0.2) is 4.79 Å². The number of nitrogens with zero attached hydrogens (tertiary/aromatic N) is 2. The Morgan fingerprint density at radius 2 is 1.54 bits per heavy atom. The number of amides is 3. The van der Waals surface area contributed by atoms with Crippen LogP contribution in [0.25, 0.3) is 0 Å². The first kappa shape index (κ1) is 18.5. The molecule has 0 unspecified atom stereocenters. The van der Waals surface area contributed by atoms with Crippen LogP contribution in [0.3, 0.4) is 0 Å². The number of hydrogen-bond acceptors (Lipinski definition) is 3. The molecule has 6 heteroatoms. The van der Waals surface area contributed by atoms with Crippen LogP contribution in [0, 0.1) is 0 Å². The molecule has 3 rings (SSSR count). The Balaban J connectivity index is 1.84. The second-order valence-corrected chi connectivity index (χ2v) is 7.34. The van der Waals surface area contributed by atoms with Crippen molar-refractivity contribution in [2.75, 3.05) is 33.3 Å². The van der Waals surface area contributed by atoms with Crippen molar-refractivity contribution in [2.24, 2.45) is 5.73 Å². The minimum absolute atomic E-state index is 0.202. The van der Waals surface area contributed by atoms with E-state index in [2.05, 4.69) is 0 Å². The number of carbonyl (C=O) groups is 2. The molecule has 1 aromatic carbocycles. The van der Waals surface area contributed by atoms with Gasteiger partial charge in [-0.2, -0.15) is 0 Å². The molecular formula is C20H29N3O3. The number of hydrogen-bond donors (Lipinski definition) is 1. The standard InChI is InChI=1S/C20H29N3O3/c1-26-17-8-6-16(7-9-17)20(10-3-2-4-11-20)18(24)22-12-5-13-23(15-14-22)19(21)25/h6-9H,2-5,10-15H2,1H3,(H2,21,25). The highest BCUT2D eigenvalue weighted by atomic mass is 16.5. The third kappa shape index (κ3) is 3.64. The van der Waals surface area contributed by atoms with E-state index in [-0.39, 0.29) is 5.91 Å². The van der Waals surface area contributed by atoms with Crippen molar-refractivity contribution >= 4 is 11.9 Å². The molecule has 2 aliphatic rings. The number of methoxy groups -OCH3 is 1. The second kappa shape index (κ2) is 7.98. The molecule has 1 saturated heterocycles. The van der Waals surface area contributed by atoms with E-state index in [1.165, 1.54) is 6.42 Å².